The molecule has 0 N–H and O–H groups in total. The Labute approximate surface area is 84.2 Å². The zero-order chi connectivity index (χ0) is 11.2. The van der Waals surface area contributed by atoms with Gasteiger partial charge in [-0.25, -0.2) is 0 Å². The van der Waals surface area contributed by atoms with Crippen LogP contribution in [0.15, 0.2) is 0 Å². The van der Waals surface area contributed by atoms with Crippen LogP contribution in [-0.4, -0.2) is 57.8 Å². The molecular weight excluding hydrogens is 186 g/mol. The van der Waals surface area contributed by atoms with Gasteiger partial charge in [0.05, 0.1) is 28.3 Å². The fourth-order valence-electron chi connectivity index (χ4n) is 0.674. The molecule has 5 heteroatoms. The van der Waals surface area contributed by atoms with Crippen LogP contribution in [0.2, 0.25) is 0 Å². The van der Waals surface area contributed by atoms with Crippen molar-refractivity contribution in [2.45, 2.75) is 6.42 Å². The van der Waals surface area contributed by atoms with E-state index < -0.39 is 11.9 Å². The lowest BCUT2D eigenvalue weighted by molar-refractivity contribution is -0.870. The summed E-state index contributed by atoms with van der Waals surface area (Å²) in [5.41, 5.74) is 0. The van der Waals surface area contributed by atoms with Gasteiger partial charge in [0, 0.05) is 0 Å². The highest BCUT2D eigenvalue weighted by molar-refractivity contribution is 5.91. The summed E-state index contributed by atoms with van der Waals surface area (Å²) in [6.45, 7) is 1.03. The smallest absolute Gasteiger partial charge is 0.317 e. The van der Waals surface area contributed by atoms with E-state index >= 15 is 0 Å². The molecule has 0 rings (SSSR count). The van der Waals surface area contributed by atoms with E-state index in [0.29, 0.717) is 17.6 Å². The highest BCUT2D eigenvalue weighted by Gasteiger charge is 2.12. The quantitative estimate of drug-likeness (QED) is 0.353. The lowest BCUT2D eigenvalue weighted by atomic mass is 10.4. The Hall–Kier alpha value is -1.10. The Kier molecular flexibility index (Phi) is 5.15. The molecule has 0 aliphatic carbocycles. The highest BCUT2D eigenvalue weighted by Crippen LogP contribution is 1.93. The molecule has 0 saturated carbocycles. The van der Waals surface area contributed by atoms with Crippen molar-refractivity contribution < 1.29 is 23.5 Å². The average molecular weight is 204 g/mol. The van der Waals surface area contributed by atoms with Crippen LogP contribution in [0.1, 0.15) is 6.42 Å². The minimum atomic E-state index is -0.569. The molecule has 0 heterocycles. The molecule has 0 fully saturated rings. The van der Waals surface area contributed by atoms with Crippen LogP contribution >= 0.6 is 0 Å². The molecule has 14 heavy (non-hydrogen) atoms. The second kappa shape index (κ2) is 5.59. The summed E-state index contributed by atoms with van der Waals surface area (Å²) in [6, 6.07) is 0. The number of rotatable bonds is 5. The molecule has 0 aromatic carbocycles. The van der Waals surface area contributed by atoms with E-state index in [4.69, 9.17) is 4.74 Å². The van der Waals surface area contributed by atoms with Gasteiger partial charge >= 0.3 is 11.9 Å². The van der Waals surface area contributed by atoms with Gasteiger partial charge in [-0.1, -0.05) is 0 Å². The van der Waals surface area contributed by atoms with E-state index in [1.165, 1.54) is 7.11 Å². The first-order valence-corrected chi connectivity index (χ1v) is 4.38. The van der Waals surface area contributed by atoms with Gasteiger partial charge in [-0.2, -0.15) is 0 Å². The predicted molar refractivity (Wildman–Crippen MR) is 50.5 cm³/mol. The minimum absolute atomic E-state index is 0.312. The van der Waals surface area contributed by atoms with E-state index in [9.17, 15) is 9.59 Å². The van der Waals surface area contributed by atoms with Gasteiger partial charge in [-0.05, 0) is 0 Å². The minimum Gasteiger partial charge on any atom is -0.469 e. The fourth-order valence-corrected chi connectivity index (χ4v) is 0.674. The van der Waals surface area contributed by atoms with Crippen molar-refractivity contribution in [1.29, 1.82) is 0 Å². The molecule has 0 aromatic rings. The number of ether oxygens (including phenoxy) is 2. The Morgan fingerprint density at radius 1 is 1.14 bits per heavy atom. The van der Waals surface area contributed by atoms with Gasteiger partial charge < -0.3 is 14.0 Å². The summed E-state index contributed by atoms with van der Waals surface area (Å²) in [5.74, 6) is -1.11. The molecule has 0 unspecified atom stereocenters. The molecule has 0 saturated heterocycles. The Bertz CT molecular complexity index is 207. The summed E-state index contributed by atoms with van der Waals surface area (Å²) in [6.07, 6.45) is -0.312. The maximum atomic E-state index is 11.0. The molecule has 5 nitrogen and oxygen atoms in total. The maximum absolute atomic E-state index is 11.0. The number of methoxy groups -OCH3 is 1. The molecule has 82 valence electrons. The number of carbonyl (C=O) groups is 2. The highest BCUT2D eigenvalue weighted by atomic mass is 16.5. The third-order valence-electron chi connectivity index (χ3n) is 1.54. The van der Waals surface area contributed by atoms with Crippen LogP contribution in [-0.2, 0) is 19.1 Å². The first-order chi connectivity index (χ1) is 6.35. The Balaban J connectivity index is 3.60. The first kappa shape index (κ1) is 12.9. The van der Waals surface area contributed by atoms with Gasteiger partial charge in [0.2, 0.25) is 0 Å². The Morgan fingerprint density at radius 3 is 2.14 bits per heavy atom. The molecular formula is C9H18NO4+. The van der Waals surface area contributed by atoms with E-state index in [1.54, 1.807) is 0 Å². The lowest BCUT2D eigenvalue weighted by Crippen LogP contribution is -2.38. The molecule has 0 aliphatic heterocycles. The third-order valence-corrected chi connectivity index (χ3v) is 1.54. The van der Waals surface area contributed by atoms with E-state index in [0.717, 1.165) is 0 Å². The van der Waals surface area contributed by atoms with Gasteiger partial charge in [0.25, 0.3) is 0 Å². The van der Waals surface area contributed by atoms with Crippen molar-refractivity contribution in [3.8, 4) is 0 Å². The van der Waals surface area contributed by atoms with Crippen molar-refractivity contribution in [2.75, 3.05) is 41.4 Å². The zero-order valence-electron chi connectivity index (χ0n) is 9.20. The van der Waals surface area contributed by atoms with Crippen LogP contribution in [0.3, 0.4) is 0 Å². The molecule has 0 aliphatic rings. The lowest BCUT2D eigenvalue weighted by Gasteiger charge is -2.23. The van der Waals surface area contributed by atoms with E-state index in [2.05, 4.69) is 4.74 Å². The van der Waals surface area contributed by atoms with Crippen molar-refractivity contribution in [2.24, 2.45) is 0 Å². The summed E-state index contributed by atoms with van der Waals surface area (Å²) >= 11 is 0. The summed E-state index contributed by atoms with van der Waals surface area (Å²) in [4.78, 5) is 21.6. The zero-order valence-corrected chi connectivity index (χ0v) is 9.20. The number of likely N-dealkylation sites (N-methyl/N-ethyl adjacent to an activating group) is 1. The monoisotopic (exact) mass is 204 g/mol. The Morgan fingerprint density at radius 2 is 1.71 bits per heavy atom. The van der Waals surface area contributed by atoms with Gasteiger partial charge in [0.15, 0.2) is 0 Å². The van der Waals surface area contributed by atoms with E-state index in [-0.39, 0.29) is 6.42 Å². The van der Waals surface area contributed by atoms with Crippen molar-refractivity contribution >= 4 is 11.9 Å². The number of quaternary nitrogens is 1. The van der Waals surface area contributed by atoms with Crippen LogP contribution in [0.25, 0.3) is 0 Å². The second-order valence-corrected chi connectivity index (χ2v) is 3.99. The van der Waals surface area contributed by atoms with Gasteiger partial charge in [-0.3, -0.25) is 9.59 Å². The van der Waals surface area contributed by atoms with Crippen molar-refractivity contribution in [1.82, 2.24) is 0 Å². The second-order valence-electron chi connectivity index (χ2n) is 3.99. The SMILES string of the molecule is COC(=O)CC(=O)OCC[N+](C)(C)C. The maximum Gasteiger partial charge on any atom is 0.317 e. The molecule has 0 amide bonds. The van der Waals surface area contributed by atoms with Crippen LogP contribution in [0.4, 0.5) is 0 Å². The van der Waals surface area contributed by atoms with Crippen LogP contribution in [0, 0.1) is 0 Å². The molecule has 0 aromatic heterocycles. The number of nitrogens with zero attached hydrogens (tertiary/aromatic N) is 1. The molecule has 0 bridgehead atoms. The largest absolute Gasteiger partial charge is 0.469 e. The average Bonchev–Trinajstić information content (AvgIpc) is 2.01. The van der Waals surface area contributed by atoms with Crippen molar-refractivity contribution in [3.63, 3.8) is 0 Å². The number of hydrogen-bond donors (Lipinski definition) is 0. The predicted octanol–water partition coefficient (Wildman–Crippen LogP) is -0.201. The van der Waals surface area contributed by atoms with Gasteiger partial charge in [0.1, 0.15) is 19.6 Å². The standard InChI is InChI=1S/C9H18NO4/c1-10(2,3)5-6-14-9(12)7-8(11)13-4/h5-7H2,1-4H3/q+1. The van der Waals surface area contributed by atoms with Crippen LogP contribution in [0.5, 0.6) is 0 Å². The van der Waals surface area contributed by atoms with Crippen molar-refractivity contribution in [3.05, 3.63) is 0 Å². The summed E-state index contributed by atoms with van der Waals surface area (Å²) in [7, 11) is 7.22. The summed E-state index contributed by atoms with van der Waals surface area (Å²) < 4.78 is 9.87. The fraction of sp³-hybridized carbons (Fsp3) is 0.778. The normalized spacial score (nSPS) is 10.9. The first-order valence-electron chi connectivity index (χ1n) is 4.38. The number of esters is 2. The van der Waals surface area contributed by atoms with Gasteiger partial charge in [-0.15, -0.1) is 0 Å². The number of hydrogen-bond acceptors (Lipinski definition) is 4. The van der Waals surface area contributed by atoms with E-state index in [1.807, 2.05) is 21.1 Å². The van der Waals surface area contributed by atoms with Crippen LogP contribution < -0.4 is 0 Å². The molecule has 0 radical (unpaired) electrons. The number of carbonyl (C=O) groups excluding carboxylic acids is 2. The molecule has 0 spiro atoms. The third kappa shape index (κ3) is 7.54. The molecule has 0 atom stereocenters. The topological polar surface area (TPSA) is 52.6 Å². The summed E-state index contributed by atoms with van der Waals surface area (Å²) in [5, 5.41) is 0.